The van der Waals surface area contributed by atoms with E-state index < -0.39 is 11.5 Å². The minimum absolute atomic E-state index is 0.103. The van der Waals surface area contributed by atoms with Crippen LogP contribution in [-0.4, -0.2) is 43.3 Å². The minimum atomic E-state index is -2.04. The Morgan fingerprint density at radius 1 is 1.06 bits per heavy atom. The van der Waals surface area contributed by atoms with E-state index in [0.29, 0.717) is 33.8 Å². The van der Waals surface area contributed by atoms with Crippen LogP contribution >= 0.6 is 0 Å². The van der Waals surface area contributed by atoms with E-state index in [4.69, 9.17) is 4.74 Å². The molecule has 0 unspecified atom stereocenters. The molecule has 1 atom stereocenters. The van der Waals surface area contributed by atoms with Crippen LogP contribution in [0.1, 0.15) is 11.4 Å². The number of hydrogen-bond donors (Lipinski definition) is 3. The number of imidazole rings is 1. The lowest BCUT2D eigenvalue weighted by molar-refractivity contribution is -0.131. The largest absolute Gasteiger partial charge is 0.479 e. The molecule has 1 amide bonds. The molecule has 0 radical (unpaired) electrons. The van der Waals surface area contributed by atoms with Crippen molar-refractivity contribution in [3.05, 3.63) is 96.8 Å². The minimum Gasteiger partial charge on any atom is -0.479 e. The van der Waals surface area contributed by atoms with Crippen LogP contribution in [0.5, 0.6) is 5.88 Å². The molecule has 5 aromatic rings. The summed E-state index contributed by atoms with van der Waals surface area (Å²) in [6.45, 7) is 0. The van der Waals surface area contributed by atoms with Gasteiger partial charge in [-0.2, -0.15) is 0 Å². The quantitative estimate of drug-likeness (QED) is 0.361. The van der Waals surface area contributed by atoms with Crippen LogP contribution in [0.3, 0.4) is 0 Å². The predicted molar refractivity (Wildman–Crippen MR) is 126 cm³/mol. The van der Waals surface area contributed by atoms with Crippen LogP contribution < -0.4 is 10.1 Å². The predicted octanol–water partition coefficient (Wildman–Crippen LogP) is 3.30. The average Bonchev–Trinajstić information content (AvgIpc) is 3.44. The smallest absolute Gasteiger partial charge is 0.269 e. The van der Waals surface area contributed by atoms with Gasteiger partial charge in [-0.25, -0.2) is 4.98 Å². The number of methoxy groups -OCH3 is 1. The number of aliphatic hydroxyl groups is 1. The second-order valence-corrected chi connectivity index (χ2v) is 7.53. The first-order valence-electron chi connectivity index (χ1n) is 10.5. The van der Waals surface area contributed by atoms with Crippen molar-refractivity contribution in [2.75, 3.05) is 12.4 Å². The Morgan fingerprint density at radius 2 is 1.85 bits per heavy atom. The number of aromatic nitrogens is 5. The van der Waals surface area contributed by atoms with E-state index in [-0.39, 0.29) is 5.82 Å². The van der Waals surface area contributed by atoms with Crippen molar-refractivity contribution in [3.8, 4) is 17.0 Å². The maximum absolute atomic E-state index is 13.4. The van der Waals surface area contributed by atoms with Crippen molar-refractivity contribution in [2.45, 2.75) is 5.60 Å². The molecule has 3 N–H and O–H groups in total. The fraction of sp³-hybridized carbons (Fsp3) is 0.0800. The highest BCUT2D eigenvalue weighted by atomic mass is 16.5. The summed E-state index contributed by atoms with van der Waals surface area (Å²) in [5, 5.41) is 23.5. The van der Waals surface area contributed by atoms with E-state index in [2.05, 4.69) is 30.5 Å². The van der Waals surface area contributed by atoms with E-state index in [9.17, 15) is 9.90 Å². The molecule has 0 bridgehead atoms. The maximum Gasteiger partial charge on any atom is 0.269 e. The number of anilines is 1. The van der Waals surface area contributed by atoms with E-state index in [1.54, 1.807) is 48.8 Å². The van der Waals surface area contributed by atoms with Crippen LogP contribution in [0, 0.1) is 0 Å². The molecule has 0 saturated heterocycles. The number of H-pyrrole nitrogens is 1. The molecule has 0 aliphatic rings. The summed E-state index contributed by atoms with van der Waals surface area (Å²) in [6, 6.07) is 17.9. The molecule has 3 aromatic heterocycles. The molecule has 0 spiro atoms. The van der Waals surface area contributed by atoms with E-state index >= 15 is 0 Å². The third-order valence-electron chi connectivity index (χ3n) is 5.48. The lowest BCUT2D eigenvalue weighted by atomic mass is 9.91. The molecule has 9 heteroatoms. The monoisotopic (exact) mass is 452 g/mol. The molecule has 168 valence electrons. The van der Waals surface area contributed by atoms with Gasteiger partial charge < -0.3 is 20.1 Å². The highest BCUT2D eigenvalue weighted by Gasteiger charge is 2.42. The fourth-order valence-electron chi connectivity index (χ4n) is 3.84. The van der Waals surface area contributed by atoms with Gasteiger partial charge in [-0.15, -0.1) is 10.2 Å². The van der Waals surface area contributed by atoms with Crippen molar-refractivity contribution in [1.82, 2.24) is 25.1 Å². The number of hydrogen-bond acceptors (Lipinski definition) is 7. The maximum atomic E-state index is 13.4. The number of aromatic amines is 1. The lowest BCUT2D eigenvalue weighted by Crippen LogP contribution is -2.42. The number of nitrogens with one attached hydrogen (secondary N) is 2. The summed E-state index contributed by atoms with van der Waals surface area (Å²) in [6.07, 6.45) is 6.18. The number of pyridine rings is 1. The van der Waals surface area contributed by atoms with Crippen molar-refractivity contribution in [1.29, 1.82) is 0 Å². The van der Waals surface area contributed by atoms with Gasteiger partial charge in [0.25, 0.3) is 5.91 Å². The standard InChI is InChI=1S/C25H20N6O3/c1-34-22-21(19-9-5-6-10-20(19)30-31-22)16-13-18(15-26-14-16)29-24(32)25(33,23-27-11-12-28-23)17-7-3-2-4-8-17/h2-15,33H,1H3,(H,27,28)(H,29,32)/t25-/m0/s1. The van der Waals surface area contributed by atoms with Crippen molar-refractivity contribution >= 4 is 22.5 Å². The van der Waals surface area contributed by atoms with Gasteiger partial charge in [-0.1, -0.05) is 48.5 Å². The number of rotatable bonds is 6. The summed E-state index contributed by atoms with van der Waals surface area (Å²) in [5.74, 6) is -0.246. The number of benzene rings is 2. The molecular formula is C25H20N6O3. The topological polar surface area (TPSA) is 126 Å². The Kier molecular flexibility index (Phi) is 5.44. The zero-order valence-corrected chi connectivity index (χ0v) is 18.1. The third-order valence-corrected chi connectivity index (χ3v) is 5.48. The van der Waals surface area contributed by atoms with Gasteiger partial charge in [0.2, 0.25) is 11.5 Å². The highest BCUT2D eigenvalue weighted by Crippen LogP contribution is 2.35. The Balaban J connectivity index is 1.55. The second-order valence-electron chi connectivity index (χ2n) is 7.53. The van der Waals surface area contributed by atoms with Crippen LogP contribution in [0.2, 0.25) is 0 Å². The number of ether oxygens (including phenoxy) is 1. The van der Waals surface area contributed by atoms with Gasteiger partial charge in [-0.3, -0.25) is 9.78 Å². The Bertz CT molecular complexity index is 1460. The number of fused-ring (bicyclic) bond motifs is 1. The van der Waals surface area contributed by atoms with Crippen molar-refractivity contribution < 1.29 is 14.6 Å². The summed E-state index contributed by atoms with van der Waals surface area (Å²) >= 11 is 0. The molecule has 0 saturated carbocycles. The van der Waals surface area contributed by atoms with Gasteiger partial charge in [0.05, 0.1) is 30.1 Å². The summed E-state index contributed by atoms with van der Waals surface area (Å²) in [4.78, 5) is 24.7. The Hall–Kier alpha value is -4.63. The van der Waals surface area contributed by atoms with Gasteiger partial charge in [-0.05, 0) is 12.1 Å². The molecule has 9 nitrogen and oxygen atoms in total. The van der Waals surface area contributed by atoms with Crippen LogP contribution in [0.4, 0.5) is 5.69 Å². The van der Waals surface area contributed by atoms with Crippen molar-refractivity contribution in [3.63, 3.8) is 0 Å². The van der Waals surface area contributed by atoms with Crippen LogP contribution in [0.25, 0.3) is 22.0 Å². The average molecular weight is 452 g/mol. The Morgan fingerprint density at radius 3 is 2.62 bits per heavy atom. The number of amides is 1. The van der Waals surface area contributed by atoms with Crippen LogP contribution in [0.15, 0.2) is 85.5 Å². The second kappa shape index (κ2) is 8.72. The first-order valence-corrected chi connectivity index (χ1v) is 10.5. The van der Waals surface area contributed by atoms with Crippen molar-refractivity contribution in [2.24, 2.45) is 0 Å². The number of carbonyl (C=O) groups excluding carboxylic acids is 1. The third kappa shape index (κ3) is 3.63. The molecule has 34 heavy (non-hydrogen) atoms. The van der Waals surface area contributed by atoms with Crippen LogP contribution in [-0.2, 0) is 10.4 Å². The molecule has 0 aliphatic carbocycles. The van der Waals surface area contributed by atoms with Gasteiger partial charge >= 0.3 is 0 Å². The van der Waals surface area contributed by atoms with E-state index in [1.807, 2.05) is 24.3 Å². The Labute approximate surface area is 194 Å². The van der Waals surface area contributed by atoms with Gasteiger partial charge in [0, 0.05) is 35.1 Å². The molecule has 5 rings (SSSR count). The fourth-order valence-corrected chi connectivity index (χ4v) is 3.84. The molecule has 0 aliphatic heterocycles. The van der Waals surface area contributed by atoms with E-state index in [1.165, 1.54) is 19.5 Å². The molecule has 3 heterocycles. The molecule has 2 aromatic carbocycles. The summed E-state index contributed by atoms with van der Waals surface area (Å²) in [5.41, 5.74) is 0.777. The summed E-state index contributed by atoms with van der Waals surface area (Å²) in [7, 11) is 1.52. The number of nitrogens with zero attached hydrogens (tertiary/aromatic N) is 4. The lowest BCUT2D eigenvalue weighted by Gasteiger charge is -2.25. The SMILES string of the molecule is COc1nnc2ccccc2c1-c1cncc(NC(=O)[C@](O)(c2ccccc2)c2ncc[nH]2)c1. The molecular weight excluding hydrogens is 432 g/mol. The van der Waals surface area contributed by atoms with E-state index in [0.717, 1.165) is 5.39 Å². The van der Waals surface area contributed by atoms with Gasteiger partial charge in [0.1, 0.15) is 0 Å². The molecule has 0 fully saturated rings. The summed E-state index contributed by atoms with van der Waals surface area (Å²) < 4.78 is 5.45. The first kappa shape index (κ1) is 21.2. The zero-order chi connectivity index (χ0) is 23.5. The first-order chi connectivity index (χ1) is 16.6. The normalized spacial score (nSPS) is 12.8. The number of carbonyl (C=O) groups is 1. The van der Waals surface area contributed by atoms with Gasteiger partial charge in [0.15, 0.2) is 5.82 Å². The zero-order valence-electron chi connectivity index (χ0n) is 18.1. The highest BCUT2D eigenvalue weighted by molar-refractivity contribution is 6.01.